The minimum absolute atomic E-state index is 0.123. The number of carbonyl (C=O) groups is 1. The van der Waals surface area contributed by atoms with E-state index < -0.39 is 0 Å². The third-order valence-corrected chi connectivity index (χ3v) is 5.06. The zero-order valence-electron chi connectivity index (χ0n) is 16.4. The molecule has 30 heavy (non-hydrogen) atoms. The smallest absolute Gasteiger partial charge is 0.261 e. The van der Waals surface area contributed by atoms with Gasteiger partial charge in [0, 0.05) is 23.9 Å². The van der Waals surface area contributed by atoms with E-state index in [9.17, 15) is 9.59 Å². The topological polar surface area (TPSA) is 113 Å². The van der Waals surface area contributed by atoms with Crippen molar-refractivity contribution in [3.63, 3.8) is 0 Å². The van der Waals surface area contributed by atoms with Gasteiger partial charge < -0.3 is 10.4 Å². The van der Waals surface area contributed by atoms with E-state index in [1.165, 1.54) is 6.33 Å². The first-order valence-electron chi connectivity index (χ1n) is 9.57. The second-order valence-corrected chi connectivity index (χ2v) is 6.96. The lowest BCUT2D eigenvalue weighted by Crippen LogP contribution is -2.27. The Balaban J connectivity index is 1.67. The van der Waals surface area contributed by atoms with Crippen LogP contribution in [0.5, 0.6) is 0 Å². The van der Waals surface area contributed by atoms with Crippen LogP contribution in [0.3, 0.4) is 0 Å². The molecular weight excluding hydrogens is 382 g/mol. The minimum atomic E-state index is -0.312. The van der Waals surface area contributed by atoms with Gasteiger partial charge in [0.25, 0.3) is 11.5 Å². The number of fused-ring (bicyclic) bond motifs is 1. The fraction of sp³-hybridized carbons (Fsp3) is 0.182. The third-order valence-electron chi connectivity index (χ3n) is 5.06. The van der Waals surface area contributed by atoms with Crippen molar-refractivity contribution >= 4 is 16.8 Å². The highest BCUT2D eigenvalue weighted by molar-refractivity contribution is 5.94. The average Bonchev–Trinajstić information content (AvgIpc) is 3.32. The monoisotopic (exact) mass is 403 g/mol. The minimum Gasteiger partial charge on any atom is -0.395 e. The molecule has 0 spiro atoms. The molecule has 0 unspecified atom stereocenters. The van der Waals surface area contributed by atoms with Crippen molar-refractivity contribution in [2.24, 2.45) is 0 Å². The number of rotatable bonds is 6. The molecule has 0 fully saturated rings. The Bertz CT molecular complexity index is 1250. The quantitative estimate of drug-likeness (QED) is 0.456. The summed E-state index contributed by atoms with van der Waals surface area (Å²) in [7, 11) is 0. The van der Waals surface area contributed by atoms with Crippen LogP contribution in [-0.4, -0.2) is 43.9 Å². The highest BCUT2D eigenvalue weighted by Gasteiger charge is 2.15. The number of nitrogens with one attached hydrogen (secondary N) is 2. The summed E-state index contributed by atoms with van der Waals surface area (Å²) in [4.78, 5) is 29.8. The van der Waals surface area contributed by atoms with E-state index in [-0.39, 0.29) is 30.7 Å². The zero-order chi connectivity index (χ0) is 21.1. The number of benzene rings is 2. The maximum absolute atomic E-state index is 13.1. The van der Waals surface area contributed by atoms with Crippen molar-refractivity contribution in [3.05, 3.63) is 82.7 Å². The SMILES string of the molecule is C[C@H](c1cccc(C(=O)NCCO)c1)n1cnc2cc(-c3cn[nH]c3)ccc2c1=O. The largest absolute Gasteiger partial charge is 0.395 e. The number of hydrogen-bond donors (Lipinski definition) is 3. The van der Waals surface area contributed by atoms with E-state index in [4.69, 9.17) is 5.11 Å². The van der Waals surface area contributed by atoms with E-state index >= 15 is 0 Å². The van der Waals surface area contributed by atoms with Crippen LogP contribution in [0.25, 0.3) is 22.0 Å². The van der Waals surface area contributed by atoms with Gasteiger partial charge in [0.15, 0.2) is 0 Å². The average molecular weight is 403 g/mol. The first kappa shape index (κ1) is 19.5. The number of carbonyl (C=O) groups excluding carboxylic acids is 1. The van der Waals surface area contributed by atoms with E-state index in [1.54, 1.807) is 41.2 Å². The molecule has 1 atom stereocenters. The molecule has 0 radical (unpaired) electrons. The number of nitrogens with zero attached hydrogens (tertiary/aromatic N) is 3. The molecule has 0 aliphatic heterocycles. The molecule has 1 amide bonds. The lowest BCUT2D eigenvalue weighted by Gasteiger charge is -2.17. The van der Waals surface area contributed by atoms with E-state index in [1.807, 2.05) is 25.1 Å². The molecule has 4 rings (SSSR count). The Morgan fingerprint density at radius 1 is 1.23 bits per heavy atom. The van der Waals surface area contributed by atoms with Crippen LogP contribution in [0.1, 0.15) is 28.9 Å². The highest BCUT2D eigenvalue weighted by atomic mass is 16.3. The summed E-state index contributed by atoms with van der Waals surface area (Å²) in [5.74, 6) is -0.270. The van der Waals surface area contributed by atoms with Crippen molar-refractivity contribution in [1.82, 2.24) is 25.1 Å². The maximum Gasteiger partial charge on any atom is 0.261 e. The molecule has 0 aliphatic rings. The Hall–Kier alpha value is -3.78. The number of amides is 1. The van der Waals surface area contributed by atoms with Crippen LogP contribution in [0.4, 0.5) is 0 Å². The Morgan fingerprint density at radius 3 is 2.87 bits per heavy atom. The summed E-state index contributed by atoms with van der Waals surface area (Å²) >= 11 is 0. The van der Waals surface area contributed by atoms with E-state index in [0.29, 0.717) is 16.5 Å². The van der Waals surface area contributed by atoms with Crippen LogP contribution >= 0.6 is 0 Å². The van der Waals surface area contributed by atoms with Gasteiger partial charge in [0.05, 0.1) is 36.1 Å². The second-order valence-electron chi connectivity index (χ2n) is 6.96. The second kappa shape index (κ2) is 8.30. The summed E-state index contributed by atoms with van der Waals surface area (Å²) in [6.07, 6.45) is 5.04. The van der Waals surface area contributed by atoms with Gasteiger partial charge >= 0.3 is 0 Å². The lowest BCUT2D eigenvalue weighted by molar-refractivity contribution is 0.0944. The molecule has 8 heteroatoms. The summed E-state index contributed by atoms with van der Waals surface area (Å²) in [6, 6.07) is 12.3. The first-order valence-corrected chi connectivity index (χ1v) is 9.57. The molecule has 4 aromatic rings. The Labute approximate surface area is 172 Å². The standard InChI is InChI=1S/C22H21N5O3/c1-14(15-3-2-4-17(9-15)21(29)23-7-8-28)27-13-24-20-10-16(18-11-25-26-12-18)5-6-19(20)22(27)30/h2-6,9-14,28H,7-8H2,1H3,(H,23,29)(H,25,26)/t14-/m1/s1. The van der Waals surface area contributed by atoms with Gasteiger partial charge in [0.2, 0.25) is 0 Å². The number of aromatic amines is 1. The van der Waals surface area contributed by atoms with Crippen LogP contribution in [-0.2, 0) is 0 Å². The van der Waals surface area contributed by atoms with Gasteiger partial charge in [-0.2, -0.15) is 5.10 Å². The van der Waals surface area contributed by atoms with E-state index in [0.717, 1.165) is 16.7 Å². The number of aliphatic hydroxyl groups is 1. The van der Waals surface area contributed by atoms with E-state index in [2.05, 4.69) is 20.5 Å². The lowest BCUT2D eigenvalue weighted by atomic mass is 10.0. The van der Waals surface area contributed by atoms with Crippen molar-refractivity contribution in [3.8, 4) is 11.1 Å². The molecule has 0 saturated carbocycles. The van der Waals surface area contributed by atoms with Crippen molar-refractivity contribution in [2.45, 2.75) is 13.0 Å². The van der Waals surface area contributed by atoms with Crippen molar-refractivity contribution < 1.29 is 9.90 Å². The number of aromatic nitrogens is 4. The van der Waals surface area contributed by atoms with Gasteiger partial charge in [-0.3, -0.25) is 19.3 Å². The predicted octanol–water partition coefficient (Wildman–Crippen LogP) is 2.12. The predicted molar refractivity (Wildman–Crippen MR) is 113 cm³/mol. The van der Waals surface area contributed by atoms with Crippen molar-refractivity contribution in [2.75, 3.05) is 13.2 Å². The Kier molecular flexibility index (Phi) is 5.40. The maximum atomic E-state index is 13.1. The molecule has 2 aromatic carbocycles. The van der Waals surface area contributed by atoms with Crippen LogP contribution in [0, 0.1) is 0 Å². The zero-order valence-corrected chi connectivity index (χ0v) is 16.4. The fourth-order valence-electron chi connectivity index (χ4n) is 3.37. The molecular formula is C22H21N5O3. The van der Waals surface area contributed by atoms with Crippen LogP contribution in [0.2, 0.25) is 0 Å². The molecule has 8 nitrogen and oxygen atoms in total. The summed E-state index contributed by atoms with van der Waals surface area (Å²) < 4.78 is 1.56. The van der Waals surface area contributed by atoms with Crippen molar-refractivity contribution in [1.29, 1.82) is 0 Å². The molecule has 3 N–H and O–H groups in total. The normalized spacial score (nSPS) is 12.1. The Morgan fingerprint density at radius 2 is 2.10 bits per heavy atom. The summed E-state index contributed by atoms with van der Waals surface area (Å²) in [5.41, 5.74) is 3.59. The first-order chi connectivity index (χ1) is 14.6. The molecule has 0 saturated heterocycles. The highest BCUT2D eigenvalue weighted by Crippen LogP contribution is 2.22. The molecule has 152 valence electrons. The molecule has 2 heterocycles. The van der Waals surface area contributed by atoms with Gasteiger partial charge in [-0.15, -0.1) is 0 Å². The fourth-order valence-corrected chi connectivity index (χ4v) is 3.37. The summed E-state index contributed by atoms with van der Waals surface area (Å²) in [6.45, 7) is 1.95. The number of H-pyrrole nitrogens is 1. The van der Waals surface area contributed by atoms with Gasteiger partial charge in [-0.05, 0) is 42.3 Å². The number of aliphatic hydroxyl groups excluding tert-OH is 1. The van der Waals surface area contributed by atoms with Gasteiger partial charge in [0.1, 0.15) is 0 Å². The van der Waals surface area contributed by atoms with Gasteiger partial charge in [-0.25, -0.2) is 4.98 Å². The van der Waals surface area contributed by atoms with Crippen LogP contribution < -0.4 is 10.9 Å². The summed E-state index contributed by atoms with van der Waals surface area (Å²) in [5, 5.41) is 18.8. The molecule has 2 aromatic heterocycles. The number of hydrogen-bond acceptors (Lipinski definition) is 5. The third kappa shape index (κ3) is 3.72. The molecule has 0 bridgehead atoms. The molecule has 0 aliphatic carbocycles. The van der Waals surface area contributed by atoms with Gasteiger partial charge in [-0.1, -0.05) is 18.2 Å². The van der Waals surface area contributed by atoms with Crippen LogP contribution in [0.15, 0.2) is 66.0 Å².